The summed E-state index contributed by atoms with van der Waals surface area (Å²) in [6.07, 6.45) is 1.14. The fourth-order valence-electron chi connectivity index (χ4n) is 2.16. The molecule has 0 aromatic carbocycles. The molecule has 1 aliphatic rings. The number of rotatable bonds is 2. The van der Waals surface area contributed by atoms with Gasteiger partial charge in [-0.1, -0.05) is 0 Å². The summed E-state index contributed by atoms with van der Waals surface area (Å²) in [4.78, 5) is 25.6. The smallest absolute Gasteiger partial charge is 0.407 e. The summed E-state index contributed by atoms with van der Waals surface area (Å²) in [5, 5.41) is 3.02. The first kappa shape index (κ1) is 17.0. The molecule has 1 aromatic rings. The van der Waals surface area contributed by atoms with Crippen molar-refractivity contribution in [3.8, 4) is 0 Å². The van der Waals surface area contributed by atoms with Crippen molar-refractivity contribution in [2.75, 3.05) is 18.0 Å². The number of alkyl carbamates (subject to hydrolysis) is 1. The van der Waals surface area contributed by atoms with Crippen LogP contribution in [0.3, 0.4) is 0 Å². The average Bonchev–Trinajstić information content (AvgIpc) is 2.36. The number of piperidine rings is 1. The SMILES string of the molecule is CC(C)(C)OC(=O)NC1CCN(c2nc(Cl)nc(Cl)n2)CC1. The number of aromatic nitrogens is 3. The maximum Gasteiger partial charge on any atom is 0.407 e. The van der Waals surface area contributed by atoms with Crippen molar-refractivity contribution >= 4 is 35.2 Å². The van der Waals surface area contributed by atoms with Gasteiger partial charge in [0.25, 0.3) is 0 Å². The molecule has 2 rings (SSSR count). The molecule has 1 N–H and O–H groups in total. The number of carbonyl (C=O) groups excluding carboxylic acids is 1. The molecule has 0 atom stereocenters. The maximum absolute atomic E-state index is 11.8. The van der Waals surface area contributed by atoms with Gasteiger partial charge in [-0.05, 0) is 56.8 Å². The number of amides is 1. The van der Waals surface area contributed by atoms with Gasteiger partial charge in [-0.3, -0.25) is 0 Å². The fourth-order valence-corrected chi connectivity index (χ4v) is 2.51. The number of hydrogen-bond acceptors (Lipinski definition) is 6. The lowest BCUT2D eigenvalue weighted by Gasteiger charge is -2.32. The van der Waals surface area contributed by atoms with E-state index in [1.165, 1.54) is 0 Å². The Hall–Kier alpha value is -1.34. The third-order valence-electron chi connectivity index (χ3n) is 3.07. The van der Waals surface area contributed by atoms with E-state index in [-0.39, 0.29) is 16.6 Å². The molecule has 1 fully saturated rings. The molecule has 1 saturated heterocycles. The molecule has 0 radical (unpaired) electrons. The van der Waals surface area contributed by atoms with Gasteiger partial charge >= 0.3 is 6.09 Å². The summed E-state index contributed by atoms with van der Waals surface area (Å²) < 4.78 is 5.25. The van der Waals surface area contributed by atoms with Crippen LogP contribution in [0.5, 0.6) is 0 Å². The van der Waals surface area contributed by atoms with E-state index in [0.717, 1.165) is 12.8 Å². The number of halogens is 2. The van der Waals surface area contributed by atoms with E-state index < -0.39 is 11.7 Å². The van der Waals surface area contributed by atoms with Crippen LogP contribution >= 0.6 is 23.2 Å². The number of nitrogens with zero attached hydrogens (tertiary/aromatic N) is 4. The van der Waals surface area contributed by atoms with Crippen molar-refractivity contribution in [1.29, 1.82) is 0 Å². The molecule has 0 aliphatic carbocycles. The molecule has 1 amide bonds. The van der Waals surface area contributed by atoms with E-state index in [9.17, 15) is 4.79 Å². The van der Waals surface area contributed by atoms with E-state index >= 15 is 0 Å². The standard InChI is InChI=1S/C13H19Cl2N5O2/c1-13(2,3)22-12(21)16-8-4-6-20(7-5-8)11-18-9(14)17-10(15)19-11/h8H,4-7H2,1-3H3,(H,16,21). The number of hydrogen-bond donors (Lipinski definition) is 1. The summed E-state index contributed by atoms with van der Waals surface area (Å²) >= 11 is 11.6. The minimum Gasteiger partial charge on any atom is -0.444 e. The van der Waals surface area contributed by atoms with E-state index in [0.29, 0.717) is 19.0 Å². The largest absolute Gasteiger partial charge is 0.444 e. The first-order valence-corrected chi connectivity index (χ1v) is 7.80. The van der Waals surface area contributed by atoms with Crippen LogP contribution in [0.25, 0.3) is 0 Å². The highest BCUT2D eigenvalue weighted by Crippen LogP contribution is 2.19. The van der Waals surface area contributed by atoms with Gasteiger partial charge in [0.1, 0.15) is 5.60 Å². The molecule has 122 valence electrons. The first-order valence-electron chi connectivity index (χ1n) is 7.04. The molecular formula is C13H19Cl2N5O2. The highest BCUT2D eigenvalue weighted by atomic mass is 35.5. The Morgan fingerprint density at radius 1 is 1.18 bits per heavy atom. The van der Waals surface area contributed by atoms with Crippen molar-refractivity contribution in [3.63, 3.8) is 0 Å². The van der Waals surface area contributed by atoms with Crippen molar-refractivity contribution in [3.05, 3.63) is 10.6 Å². The number of anilines is 1. The van der Waals surface area contributed by atoms with Crippen LogP contribution in [-0.2, 0) is 4.74 Å². The lowest BCUT2D eigenvalue weighted by molar-refractivity contribution is 0.0497. The van der Waals surface area contributed by atoms with Crippen LogP contribution in [0.1, 0.15) is 33.6 Å². The van der Waals surface area contributed by atoms with E-state index in [4.69, 9.17) is 27.9 Å². The van der Waals surface area contributed by atoms with Gasteiger partial charge in [0.2, 0.25) is 16.5 Å². The number of carbonyl (C=O) groups is 1. The molecule has 0 spiro atoms. The monoisotopic (exact) mass is 347 g/mol. The van der Waals surface area contributed by atoms with Crippen molar-refractivity contribution in [1.82, 2.24) is 20.3 Å². The zero-order chi connectivity index (χ0) is 16.3. The summed E-state index contributed by atoms with van der Waals surface area (Å²) in [6.45, 7) is 6.89. The average molecular weight is 348 g/mol. The zero-order valence-corrected chi connectivity index (χ0v) is 14.3. The topological polar surface area (TPSA) is 80.2 Å². The molecular weight excluding hydrogens is 329 g/mol. The summed E-state index contributed by atoms with van der Waals surface area (Å²) in [5.41, 5.74) is -0.497. The molecule has 1 aliphatic heterocycles. The molecule has 0 saturated carbocycles. The maximum atomic E-state index is 11.8. The van der Waals surface area contributed by atoms with Crippen LogP contribution < -0.4 is 10.2 Å². The predicted molar refractivity (Wildman–Crippen MR) is 84.5 cm³/mol. The van der Waals surface area contributed by atoms with Crippen molar-refractivity contribution in [2.24, 2.45) is 0 Å². The molecule has 0 bridgehead atoms. The second kappa shape index (κ2) is 6.83. The highest BCUT2D eigenvalue weighted by Gasteiger charge is 2.25. The van der Waals surface area contributed by atoms with Gasteiger partial charge in [0.15, 0.2) is 0 Å². The van der Waals surface area contributed by atoms with Crippen LogP contribution in [-0.4, -0.2) is 45.8 Å². The molecule has 22 heavy (non-hydrogen) atoms. The number of ether oxygens (including phenoxy) is 1. The van der Waals surface area contributed by atoms with Gasteiger partial charge in [-0.2, -0.15) is 15.0 Å². The molecule has 2 heterocycles. The van der Waals surface area contributed by atoms with Gasteiger partial charge in [-0.15, -0.1) is 0 Å². The summed E-state index contributed by atoms with van der Waals surface area (Å²) in [5.74, 6) is 0.459. The van der Waals surface area contributed by atoms with Crippen LogP contribution in [0, 0.1) is 0 Å². The predicted octanol–water partition coefficient (Wildman–Crippen LogP) is 2.67. The fraction of sp³-hybridized carbons (Fsp3) is 0.692. The Morgan fingerprint density at radius 2 is 1.73 bits per heavy atom. The molecule has 7 nitrogen and oxygen atoms in total. The Labute approximate surface area is 139 Å². The summed E-state index contributed by atoms with van der Waals surface area (Å²) in [7, 11) is 0. The first-order chi connectivity index (χ1) is 10.2. The third-order valence-corrected chi connectivity index (χ3v) is 3.41. The van der Waals surface area contributed by atoms with Gasteiger partial charge in [-0.25, -0.2) is 4.79 Å². The summed E-state index contributed by atoms with van der Waals surface area (Å²) in [6, 6.07) is 0.0684. The van der Waals surface area contributed by atoms with E-state index in [1.807, 2.05) is 25.7 Å². The van der Waals surface area contributed by atoms with Crippen LogP contribution in [0.15, 0.2) is 0 Å². The van der Waals surface area contributed by atoms with Gasteiger partial charge in [0.05, 0.1) is 0 Å². The van der Waals surface area contributed by atoms with Crippen LogP contribution in [0.4, 0.5) is 10.7 Å². The third kappa shape index (κ3) is 5.14. The molecule has 0 unspecified atom stereocenters. The van der Waals surface area contributed by atoms with Crippen LogP contribution in [0.2, 0.25) is 10.6 Å². The lowest BCUT2D eigenvalue weighted by Crippen LogP contribution is -2.46. The Balaban J connectivity index is 1.86. The Bertz CT molecular complexity index is 521. The second-order valence-electron chi connectivity index (χ2n) is 6.08. The lowest BCUT2D eigenvalue weighted by atomic mass is 10.1. The zero-order valence-electron chi connectivity index (χ0n) is 12.8. The van der Waals surface area contributed by atoms with Gasteiger partial charge < -0.3 is 15.0 Å². The molecule has 1 aromatic heterocycles. The van der Waals surface area contributed by atoms with Gasteiger partial charge in [0, 0.05) is 19.1 Å². The quantitative estimate of drug-likeness (QED) is 0.885. The van der Waals surface area contributed by atoms with Crippen molar-refractivity contribution in [2.45, 2.75) is 45.3 Å². The highest BCUT2D eigenvalue weighted by molar-refractivity contribution is 6.31. The normalized spacial score (nSPS) is 16.5. The second-order valence-corrected chi connectivity index (χ2v) is 6.76. The van der Waals surface area contributed by atoms with E-state index in [2.05, 4.69) is 20.3 Å². The Morgan fingerprint density at radius 3 is 2.23 bits per heavy atom. The Kier molecular flexibility index (Phi) is 5.28. The number of nitrogens with one attached hydrogen (secondary N) is 1. The minimum atomic E-state index is -0.497. The van der Waals surface area contributed by atoms with E-state index in [1.54, 1.807) is 0 Å². The molecule has 9 heteroatoms. The minimum absolute atomic E-state index is 0.0684. The van der Waals surface area contributed by atoms with Crippen molar-refractivity contribution < 1.29 is 9.53 Å².